The van der Waals surface area contributed by atoms with Crippen LogP contribution in [0.3, 0.4) is 0 Å². The largest absolute Gasteiger partial charge is 0.494 e. The highest BCUT2D eigenvalue weighted by Crippen LogP contribution is 2.19. The second-order valence-electron chi connectivity index (χ2n) is 5.49. The second-order valence-corrected chi connectivity index (χ2v) is 5.49. The van der Waals surface area contributed by atoms with Crippen LogP contribution in [0.1, 0.15) is 19.4 Å². The van der Waals surface area contributed by atoms with Gasteiger partial charge in [0.2, 0.25) is 0 Å². The van der Waals surface area contributed by atoms with Crippen LogP contribution in [0.4, 0.5) is 10.1 Å². The molecule has 0 fully saturated rings. The first kappa shape index (κ1) is 17.6. The third-order valence-electron chi connectivity index (χ3n) is 3.15. The summed E-state index contributed by atoms with van der Waals surface area (Å²) < 4.78 is 24.1. The molecule has 128 valence electrons. The number of nitrogens with zero attached hydrogens (tertiary/aromatic N) is 1. The van der Waals surface area contributed by atoms with Gasteiger partial charge in [0.05, 0.1) is 19.8 Å². The van der Waals surface area contributed by atoms with E-state index >= 15 is 0 Å². The van der Waals surface area contributed by atoms with Gasteiger partial charge in [-0.3, -0.25) is 0 Å². The van der Waals surface area contributed by atoms with E-state index in [1.807, 2.05) is 38.1 Å². The summed E-state index contributed by atoms with van der Waals surface area (Å²) in [4.78, 5) is 4.20. The Bertz CT molecular complexity index is 700. The van der Waals surface area contributed by atoms with Crippen molar-refractivity contribution >= 4 is 11.6 Å². The van der Waals surface area contributed by atoms with Gasteiger partial charge in [0, 0.05) is 5.69 Å². The summed E-state index contributed by atoms with van der Waals surface area (Å²) in [5.41, 5.74) is 7.36. The van der Waals surface area contributed by atoms with Crippen LogP contribution in [-0.2, 0) is 6.54 Å². The number of hydrogen-bond acceptors (Lipinski definition) is 3. The van der Waals surface area contributed by atoms with Crippen LogP contribution in [0, 0.1) is 5.82 Å². The molecule has 0 saturated carbocycles. The number of ether oxygens (including phenoxy) is 2. The summed E-state index contributed by atoms with van der Waals surface area (Å²) in [5.74, 6) is 0.832. The van der Waals surface area contributed by atoms with Gasteiger partial charge in [0.15, 0.2) is 17.5 Å². The fourth-order valence-electron chi connectivity index (χ4n) is 2.06. The first-order valence-corrected chi connectivity index (χ1v) is 7.64. The van der Waals surface area contributed by atoms with E-state index in [2.05, 4.69) is 10.3 Å². The predicted molar refractivity (Wildman–Crippen MR) is 94.1 cm³/mol. The normalized spacial score (nSPS) is 11.5. The van der Waals surface area contributed by atoms with Crippen molar-refractivity contribution in [1.82, 2.24) is 0 Å². The van der Waals surface area contributed by atoms with Gasteiger partial charge >= 0.3 is 0 Å². The van der Waals surface area contributed by atoms with E-state index < -0.39 is 5.82 Å². The smallest absolute Gasteiger partial charge is 0.193 e. The molecule has 24 heavy (non-hydrogen) atoms. The summed E-state index contributed by atoms with van der Waals surface area (Å²) in [7, 11) is 1.43. The average molecular weight is 331 g/mol. The lowest BCUT2D eigenvalue weighted by atomic mass is 10.2. The maximum Gasteiger partial charge on any atom is 0.193 e. The molecule has 5 nitrogen and oxygen atoms in total. The molecule has 6 heteroatoms. The monoisotopic (exact) mass is 331 g/mol. The van der Waals surface area contributed by atoms with Crippen molar-refractivity contribution in [1.29, 1.82) is 0 Å². The average Bonchev–Trinajstić information content (AvgIpc) is 2.54. The number of methoxy groups -OCH3 is 1. The third kappa shape index (κ3) is 5.15. The number of nitrogens with two attached hydrogens (primary N) is 1. The van der Waals surface area contributed by atoms with E-state index in [1.54, 1.807) is 12.1 Å². The first-order chi connectivity index (χ1) is 11.5. The van der Waals surface area contributed by atoms with Crippen LogP contribution in [0.25, 0.3) is 0 Å². The van der Waals surface area contributed by atoms with Crippen molar-refractivity contribution < 1.29 is 13.9 Å². The maximum atomic E-state index is 13.6. The molecule has 2 rings (SSSR count). The SMILES string of the molecule is COc1ccc(CN=C(N)Nc2ccc(OC(C)C)cc2)cc1F. The van der Waals surface area contributed by atoms with Crippen LogP contribution in [0.15, 0.2) is 47.5 Å². The molecule has 2 aromatic rings. The Balaban J connectivity index is 1.95. The summed E-state index contributed by atoms with van der Waals surface area (Å²) in [5, 5.41) is 2.98. The Kier molecular flexibility index (Phi) is 6.01. The molecule has 0 aliphatic heterocycles. The molecular formula is C18H22FN3O2. The van der Waals surface area contributed by atoms with E-state index in [4.69, 9.17) is 15.2 Å². The molecule has 0 atom stereocenters. The number of hydrogen-bond donors (Lipinski definition) is 2. The quantitative estimate of drug-likeness (QED) is 0.627. The van der Waals surface area contributed by atoms with Crippen molar-refractivity contribution in [3.05, 3.63) is 53.8 Å². The van der Waals surface area contributed by atoms with Crippen molar-refractivity contribution in [3.63, 3.8) is 0 Å². The second kappa shape index (κ2) is 8.19. The number of anilines is 1. The van der Waals surface area contributed by atoms with E-state index in [0.717, 1.165) is 11.4 Å². The Morgan fingerprint density at radius 1 is 1.21 bits per heavy atom. The van der Waals surface area contributed by atoms with E-state index in [1.165, 1.54) is 13.2 Å². The van der Waals surface area contributed by atoms with Crippen molar-refractivity contribution in [3.8, 4) is 11.5 Å². The lowest BCUT2D eigenvalue weighted by Gasteiger charge is -2.11. The lowest BCUT2D eigenvalue weighted by molar-refractivity contribution is 0.242. The highest BCUT2D eigenvalue weighted by atomic mass is 19.1. The third-order valence-corrected chi connectivity index (χ3v) is 3.15. The molecule has 0 saturated heterocycles. The predicted octanol–water partition coefficient (Wildman–Crippen LogP) is 3.55. The van der Waals surface area contributed by atoms with Gasteiger partial charge in [-0.15, -0.1) is 0 Å². The minimum atomic E-state index is -0.419. The first-order valence-electron chi connectivity index (χ1n) is 7.64. The molecule has 0 unspecified atom stereocenters. The minimum absolute atomic E-state index is 0.125. The number of nitrogens with one attached hydrogen (secondary N) is 1. The number of guanidine groups is 1. The molecule has 0 amide bonds. The number of halogens is 1. The van der Waals surface area contributed by atoms with Gasteiger partial charge in [0.1, 0.15) is 5.75 Å². The lowest BCUT2D eigenvalue weighted by Crippen LogP contribution is -2.22. The number of benzene rings is 2. The van der Waals surface area contributed by atoms with Gasteiger partial charge in [-0.25, -0.2) is 9.38 Å². The van der Waals surface area contributed by atoms with Crippen molar-refractivity contribution in [2.45, 2.75) is 26.5 Å². The maximum absolute atomic E-state index is 13.6. The standard InChI is InChI=1S/C18H22FN3O2/c1-12(2)24-15-7-5-14(6-8-15)22-18(20)21-11-13-4-9-17(23-3)16(19)10-13/h4-10,12H,11H2,1-3H3,(H3,20,21,22). The fraction of sp³-hybridized carbons (Fsp3) is 0.278. The van der Waals surface area contributed by atoms with E-state index in [0.29, 0.717) is 5.56 Å². The zero-order valence-electron chi connectivity index (χ0n) is 14.0. The fourth-order valence-corrected chi connectivity index (χ4v) is 2.06. The number of rotatable bonds is 6. The Morgan fingerprint density at radius 3 is 2.50 bits per heavy atom. The molecule has 0 aliphatic carbocycles. The Hall–Kier alpha value is -2.76. The number of aliphatic imine (C=N–C) groups is 1. The molecule has 0 bridgehead atoms. The van der Waals surface area contributed by atoms with Crippen molar-refractivity contribution in [2.24, 2.45) is 10.7 Å². The van der Waals surface area contributed by atoms with Gasteiger partial charge < -0.3 is 20.5 Å². The van der Waals surface area contributed by atoms with Gasteiger partial charge in [-0.2, -0.15) is 0 Å². The van der Waals surface area contributed by atoms with E-state index in [-0.39, 0.29) is 24.4 Å². The van der Waals surface area contributed by atoms with Crippen LogP contribution in [0.2, 0.25) is 0 Å². The summed E-state index contributed by atoms with van der Waals surface area (Å²) >= 11 is 0. The topological polar surface area (TPSA) is 68.9 Å². The zero-order valence-corrected chi connectivity index (χ0v) is 14.0. The van der Waals surface area contributed by atoms with Gasteiger partial charge in [0.25, 0.3) is 0 Å². The van der Waals surface area contributed by atoms with Crippen LogP contribution in [0.5, 0.6) is 11.5 Å². The van der Waals surface area contributed by atoms with Crippen molar-refractivity contribution in [2.75, 3.05) is 12.4 Å². The highest BCUT2D eigenvalue weighted by Gasteiger charge is 2.03. The molecule has 3 N–H and O–H groups in total. The molecule has 0 aliphatic rings. The summed E-state index contributed by atoms with van der Waals surface area (Å²) in [6, 6.07) is 12.1. The molecular weight excluding hydrogens is 309 g/mol. The molecule has 0 heterocycles. The molecule has 0 aromatic heterocycles. The van der Waals surface area contributed by atoms with Crippen LogP contribution in [-0.4, -0.2) is 19.2 Å². The van der Waals surface area contributed by atoms with Gasteiger partial charge in [-0.05, 0) is 55.8 Å². The molecule has 0 radical (unpaired) electrons. The van der Waals surface area contributed by atoms with Gasteiger partial charge in [-0.1, -0.05) is 6.07 Å². The van der Waals surface area contributed by atoms with Crippen LogP contribution < -0.4 is 20.5 Å². The summed E-state index contributed by atoms with van der Waals surface area (Å²) in [6.45, 7) is 4.21. The van der Waals surface area contributed by atoms with Crippen LogP contribution >= 0.6 is 0 Å². The zero-order chi connectivity index (χ0) is 17.5. The Labute approximate surface area is 141 Å². The highest BCUT2D eigenvalue weighted by molar-refractivity contribution is 5.92. The molecule has 2 aromatic carbocycles. The summed E-state index contributed by atoms with van der Waals surface area (Å²) in [6.07, 6.45) is 0.125. The minimum Gasteiger partial charge on any atom is -0.494 e. The molecule has 0 spiro atoms. The Morgan fingerprint density at radius 2 is 1.92 bits per heavy atom. The van der Waals surface area contributed by atoms with E-state index in [9.17, 15) is 4.39 Å².